The maximum Gasteiger partial charge on any atom is 0.294 e. The maximum atomic E-state index is 13.1. The molecule has 2 aliphatic rings. The van der Waals surface area contributed by atoms with Gasteiger partial charge in [0, 0.05) is 37.6 Å². The summed E-state index contributed by atoms with van der Waals surface area (Å²) in [7, 11) is 1.48. The van der Waals surface area contributed by atoms with Crippen LogP contribution in [0.15, 0.2) is 77.7 Å². The second-order valence-electron chi connectivity index (χ2n) is 9.71. The van der Waals surface area contributed by atoms with Crippen molar-refractivity contribution in [3.63, 3.8) is 0 Å². The van der Waals surface area contributed by atoms with Crippen molar-refractivity contribution in [1.29, 1.82) is 0 Å². The van der Waals surface area contributed by atoms with E-state index in [2.05, 4.69) is 32.8 Å². The molecule has 2 fully saturated rings. The molecule has 0 unspecified atom stereocenters. The number of thioether (sulfide) groups is 1. The molecule has 2 aliphatic heterocycles. The average molecular weight is 713 g/mol. The number of nitrogens with one attached hydrogen (secondary N) is 1. The third kappa shape index (κ3) is 7.49. The molecule has 0 spiro atoms. The van der Waals surface area contributed by atoms with Gasteiger partial charge in [-0.25, -0.2) is 0 Å². The zero-order valence-electron chi connectivity index (χ0n) is 23.3. The van der Waals surface area contributed by atoms with Gasteiger partial charge >= 0.3 is 0 Å². The molecule has 0 saturated carbocycles. The highest BCUT2D eigenvalue weighted by molar-refractivity contribution is 14.1. The number of rotatable bonds is 9. The number of ether oxygens (including phenoxy) is 2. The van der Waals surface area contributed by atoms with E-state index in [0.717, 1.165) is 22.3 Å². The molecule has 3 aromatic carbocycles. The minimum Gasteiger partial charge on any atom is -0.493 e. The molecule has 0 radical (unpaired) electrons. The lowest BCUT2D eigenvalue weighted by molar-refractivity contribution is -0.136. The molecular formula is C31H29IN4O6S. The van der Waals surface area contributed by atoms with Crippen molar-refractivity contribution in [2.75, 3.05) is 56.7 Å². The topological polar surface area (TPSA) is 108 Å². The zero-order valence-corrected chi connectivity index (χ0v) is 26.3. The third-order valence-electron chi connectivity index (χ3n) is 6.88. The number of benzene rings is 3. The van der Waals surface area contributed by atoms with Crippen molar-refractivity contribution in [3.05, 3.63) is 86.8 Å². The second kappa shape index (κ2) is 14.0. The summed E-state index contributed by atoms with van der Waals surface area (Å²) in [5.41, 5.74) is 2.37. The van der Waals surface area contributed by atoms with Gasteiger partial charge in [-0.05, 0) is 82.4 Å². The van der Waals surface area contributed by atoms with Gasteiger partial charge in [-0.2, -0.15) is 0 Å². The summed E-state index contributed by atoms with van der Waals surface area (Å²) in [4.78, 5) is 56.3. The first kappa shape index (κ1) is 30.4. The molecule has 43 heavy (non-hydrogen) atoms. The van der Waals surface area contributed by atoms with E-state index in [1.54, 1.807) is 35.2 Å². The number of hydrogen-bond donors (Lipinski definition) is 1. The van der Waals surface area contributed by atoms with E-state index in [1.165, 1.54) is 7.11 Å². The predicted octanol–water partition coefficient (Wildman–Crippen LogP) is 4.70. The molecule has 0 bridgehead atoms. The number of hydrogen-bond acceptors (Lipinski definition) is 8. The first-order valence-corrected chi connectivity index (χ1v) is 15.4. The van der Waals surface area contributed by atoms with Crippen molar-refractivity contribution >= 4 is 74.8 Å². The molecule has 2 heterocycles. The minimum atomic E-state index is -0.516. The average Bonchev–Trinajstić information content (AvgIpc) is 3.28. The Bertz CT molecular complexity index is 1540. The van der Waals surface area contributed by atoms with Crippen LogP contribution < -0.4 is 19.7 Å². The summed E-state index contributed by atoms with van der Waals surface area (Å²) in [5.74, 6) is -0.345. The second-order valence-corrected chi connectivity index (χ2v) is 11.9. The Morgan fingerprint density at radius 1 is 0.977 bits per heavy atom. The zero-order chi connectivity index (χ0) is 30.3. The standard InChI is InChI=1S/C31H29IN4O6S/c1-41-25-17-21(16-24(32)29(25)42-20-27(37)33-22-8-4-2-5-9-22)18-26-30(39)36(31(40)43-26)19-28(38)35-14-12-34(13-15-35)23-10-6-3-7-11-23/h2-11,16-18H,12-15,19-20H2,1H3,(H,33,37)/b26-18+. The van der Waals surface area contributed by atoms with Crippen molar-refractivity contribution in [1.82, 2.24) is 9.80 Å². The highest BCUT2D eigenvalue weighted by Crippen LogP contribution is 2.37. The van der Waals surface area contributed by atoms with Gasteiger partial charge in [0.1, 0.15) is 6.54 Å². The van der Waals surface area contributed by atoms with Crippen LogP contribution in [0.1, 0.15) is 5.56 Å². The number of carbonyl (C=O) groups excluding carboxylic acids is 4. The Balaban J connectivity index is 1.19. The van der Waals surface area contributed by atoms with Gasteiger partial charge in [0.25, 0.3) is 17.1 Å². The van der Waals surface area contributed by atoms with Crippen LogP contribution >= 0.6 is 34.4 Å². The fourth-order valence-corrected chi connectivity index (χ4v) is 6.31. The number of amides is 4. The quantitative estimate of drug-likeness (QED) is 0.252. The Morgan fingerprint density at radius 3 is 2.33 bits per heavy atom. The predicted molar refractivity (Wildman–Crippen MR) is 174 cm³/mol. The molecule has 0 aromatic heterocycles. The van der Waals surface area contributed by atoms with E-state index in [0.29, 0.717) is 52.5 Å². The lowest BCUT2D eigenvalue weighted by Gasteiger charge is -2.36. The van der Waals surface area contributed by atoms with Crippen LogP contribution in [0.5, 0.6) is 11.5 Å². The van der Waals surface area contributed by atoms with Gasteiger partial charge in [0.2, 0.25) is 5.91 Å². The number of halogens is 1. The Kier molecular flexibility index (Phi) is 9.87. The molecule has 0 aliphatic carbocycles. The Morgan fingerprint density at radius 2 is 1.65 bits per heavy atom. The molecule has 3 aromatic rings. The summed E-state index contributed by atoms with van der Waals surface area (Å²) < 4.78 is 11.9. The van der Waals surface area contributed by atoms with E-state index < -0.39 is 11.1 Å². The molecule has 5 rings (SSSR count). The van der Waals surface area contributed by atoms with Crippen molar-refractivity contribution in [3.8, 4) is 11.5 Å². The van der Waals surface area contributed by atoms with E-state index in [-0.39, 0.29) is 29.9 Å². The summed E-state index contributed by atoms with van der Waals surface area (Å²) >= 11 is 2.86. The number of anilines is 2. The van der Waals surface area contributed by atoms with Crippen LogP contribution in [0.2, 0.25) is 0 Å². The first-order chi connectivity index (χ1) is 20.8. The highest BCUT2D eigenvalue weighted by atomic mass is 127. The van der Waals surface area contributed by atoms with E-state index in [4.69, 9.17) is 9.47 Å². The van der Waals surface area contributed by atoms with Crippen LogP contribution in [-0.2, 0) is 14.4 Å². The Hall–Kier alpha value is -4.04. The van der Waals surface area contributed by atoms with Gasteiger partial charge in [0.15, 0.2) is 18.1 Å². The Labute approximate surface area is 267 Å². The summed E-state index contributed by atoms with van der Waals surface area (Å²) in [6, 6.07) is 22.5. The van der Waals surface area contributed by atoms with E-state index in [9.17, 15) is 19.2 Å². The first-order valence-electron chi connectivity index (χ1n) is 13.5. The number of piperazine rings is 1. The fourth-order valence-electron chi connectivity index (χ4n) is 4.70. The lowest BCUT2D eigenvalue weighted by atomic mass is 10.2. The normalized spacial score (nSPS) is 16.0. The minimum absolute atomic E-state index is 0.209. The van der Waals surface area contributed by atoms with Crippen LogP contribution in [-0.4, -0.2) is 79.2 Å². The molecule has 10 nitrogen and oxygen atoms in total. The molecule has 0 atom stereocenters. The molecule has 12 heteroatoms. The van der Waals surface area contributed by atoms with Crippen molar-refractivity contribution in [2.24, 2.45) is 0 Å². The van der Waals surface area contributed by atoms with Gasteiger partial charge < -0.3 is 24.6 Å². The SMILES string of the molecule is COc1cc(/C=C2/SC(=O)N(CC(=O)N3CCN(c4ccccc4)CC3)C2=O)cc(I)c1OCC(=O)Nc1ccccc1. The summed E-state index contributed by atoms with van der Waals surface area (Å²) in [5, 5.41) is 2.27. The van der Waals surface area contributed by atoms with Crippen LogP contribution in [0.25, 0.3) is 6.08 Å². The summed E-state index contributed by atoms with van der Waals surface area (Å²) in [6.45, 7) is 1.85. The highest BCUT2D eigenvalue weighted by Gasteiger charge is 2.37. The summed E-state index contributed by atoms with van der Waals surface area (Å²) in [6.07, 6.45) is 1.59. The molecule has 4 amide bonds. The van der Waals surface area contributed by atoms with Gasteiger partial charge in [-0.3, -0.25) is 24.1 Å². The smallest absolute Gasteiger partial charge is 0.294 e. The van der Waals surface area contributed by atoms with Crippen LogP contribution in [0, 0.1) is 3.57 Å². The third-order valence-corrected chi connectivity index (χ3v) is 8.58. The van der Waals surface area contributed by atoms with Gasteiger partial charge in [-0.1, -0.05) is 36.4 Å². The lowest BCUT2D eigenvalue weighted by Crippen LogP contribution is -2.51. The van der Waals surface area contributed by atoms with E-state index in [1.807, 2.05) is 48.5 Å². The number of carbonyl (C=O) groups is 4. The van der Waals surface area contributed by atoms with Crippen LogP contribution in [0.4, 0.5) is 16.2 Å². The van der Waals surface area contributed by atoms with Crippen molar-refractivity contribution < 1.29 is 28.7 Å². The number of methoxy groups -OCH3 is 1. The maximum absolute atomic E-state index is 13.1. The largest absolute Gasteiger partial charge is 0.493 e. The number of imide groups is 1. The monoisotopic (exact) mass is 712 g/mol. The number of para-hydroxylation sites is 2. The van der Waals surface area contributed by atoms with Crippen molar-refractivity contribution in [2.45, 2.75) is 0 Å². The van der Waals surface area contributed by atoms with E-state index >= 15 is 0 Å². The number of nitrogens with zero attached hydrogens (tertiary/aromatic N) is 3. The van der Waals surface area contributed by atoms with Gasteiger partial charge in [-0.15, -0.1) is 0 Å². The molecule has 222 valence electrons. The molecule has 1 N–H and O–H groups in total. The molecule has 2 saturated heterocycles. The van der Waals surface area contributed by atoms with Gasteiger partial charge in [0.05, 0.1) is 15.6 Å². The molecular weight excluding hydrogens is 683 g/mol. The fraction of sp³-hybridized carbons (Fsp3) is 0.226. The van der Waals surface area contributed by atoms with Crippen LogP contribution in [0.3, 0.4) is 0 Å².